The second-order valence-corrected chi connectivity index (χ2v) is 7.52. The van der Waals surface area contributed by atoms with E-state index in [2.05, 4.69) is 34.6 Å². The van der Waals surface area contributed by atoms with Gasteiger partial charge in [0, 0.05) is 12.7 Å². The smallest absolute Gasteiger partial charge is 0.416 e. The predicted molar refractivity (Wildman–Crippen MR) is 115 cm³/mol. The molecule has 0 unspecified atom stereocenters. The first kappa shape index (κ1) is 24.2. The van der Waals surface area contributed by atoms with E-state index in [0.717, 1.165) is 34.1 Å². The van der Waals surface area contributed by atoms with E-state index in [9.17, 15) is 18.0 Å². The van der Waals surface area contributed by atoms with Crippen LogP contribution < -0.4 is 10.1 Å². The molecule has 1 aromatic heterocycles. The van der Waals surface area contributed by atoms with Gasteiger partial charge in [-0.2, -0.15) is 18.0 Å². The topological polar surface area (TPSA) is 91.2 Å². The normalized spacial score (nSPS) is 11.6. The Kier molecular flexibility index (Phi) is 7.64. The highest BCUT2D eigenvalue weighted by Gasteiger charge is 2.31. The molecule has 0 atom stereocenters. The Hall–Kier alpha value is -3.47. The van der Waals surface area contributed by atoms with E-state index in [4.69, 9.17) is 9.47 Å². The molecule has 2 aromatic carbocycles. The van der Waals surface area contributed by atoms with Crippen molar-refractivity contribution >= 4 is 11.6 Å². The lowest BCUT2D eigenvalue weighted by Crippen LogP contribution is -2.21. The number of nitrogens with one attached hydrogen (secondary N) is 1. The summed E-state index contributed by atoms with van der Waals surface area (Å²) in [7, 11) is 1.47. The predicted octanol–water partition coefficient (Wildman–Crippen LogP) is 4.15. The number of amides is 1. The number of nitrogens with zero attached hydrogens (tertiary/aromatic N) is 4. The molecular formula is C22H24F3N5O3. The van der Waals surface area contributed by atoms with Crippen molar-refractivity contribution in [3.8, 4) is 17.1 Å². The molecule has 0 aliphatic rings. The molecule has 11 heteroatoms. The van der Waals surface area contributed by atoms with Crippen LogP contribution in [0.5, 0.6) is 5.75 Å². The van der Waals surface area contributed by atoms with Gasteiger partial charge in [0.2, 0.25) is 11.7 Å². The number of tetrazole rings is 1. The number of benzene rings is 2. The van der Waals surface area contributed by atoms with E-state index in [1.807, 2.05) is 24.3 Å². The summed E-state index contributed by atoms with van der Waals surface area (Å²) in [6, 6.07) is 10.5. The highest BCUT2D eigenvalue weighted by atomic mass is 19.4. The molecule has 8 nitrogen and oxygen atoms in total. The Balaban J connectivity index is 1.72. The van der Waals surface area contributed by atoms with E-state index in [1.165, 1.54) is 7.11 Å². The minimum Gasteiger partial charge on any atom is -0.489 e. The molecule has 0 aliphatic carbocycles. The maximum Gasteiger partial charge on any atom is 0.416 e. The average molecular weight is 463 g/mol. The van der Waals surface area contributed by atoms with E-state index in [1.54, 1.807) is 0 Å². The summed E-state index contributed by atoms with van der Waals surface area (Å²) in [5.41, 5.74) is 0.867. The molecule has 3 rings (SSSR count). The average Bonchev–Trinajstić information content (AvgIpc) is 3.22. The van der Waals surface area contributed by atoms with Crippen molar-refractivity contribution in [1.82, 2.24) is 20.2 Å². The minimum absolute atomic E-state index is 0.0888. The quantitative estimate of drug-likeness (QED) is 0.480. The maximum atomic E-state index is 13.1. The van der Waals surface area contributed by atoms with E-state index in [0.29, 0.717) is 11.7 Å². The monoisotopic (exact) mass is 463 g/mol. The number of aromatic nitrogens is 4. The lowest BCUT2D eigenvalue weighted by atomic mass is 10.0. The van der Waals surface area contributed by atoms with E-state index >= 15 is 0 Å². The maximum absolute atomic E-state index is 13.1. The van der Waals surface area contributed by atoms with Crippen molar-refractivity contribution in [1.29, 1.82) is 0 Å². The zero-order chi connectivity index (χ0) is 24.0. The molecule has 0 bridgehead atoms. The molecule has 0 aliphatic heterocycles. The Bertz CT molecular complexity index is 1080. The fourth-order valence-electron chi connectivity index (χ4n) is 2.93. The third-order valence-corrected chi connectivity index (χ3v) is 4.70. The molecule has 0 radical (unpaired) electrons. The molecule has 0 fully saturated rings. The molecule has 0 spiro atoms. The summed E-state index contributed by atoms with van der Waals surface area (Å²) in [4.78, 5) is 13.6. The van der Waals surface area contributed by atoms with Gasteiger partial charge >= 0.3 is 6.18 Å². The van der Waals surface area contributed by atoms with Gasteiger partial charge in [-0.25, -0.2) is 0 Å². The highest BCUT2D eigenvalue weighted by Crippen LogP contribution is 2.35. The fraction of sp³-hybridized carbons (Fsp3) is 0.364. The van der Waals surface area contributed by atoms with Crippen LogP contribution in [0.3, 0.4) is 0 Å². The Morgan fingerprint density at radius 2 is 1.85 bits per heavy atom. The lowest BCUT2D eigenvalue weighted by Gasteiger charge is -2.15. The number of carbonyl (C=O) groups excluding carboxylic acids is 1. The van der Waals surface area contributed by atoms with Crippen molar-refractivity contribution in [2.24, 2.45) is 0 Å². The molecular weight excluding hydrogens is 439 g/mol. The number of methoxy groups -OCH3 is 1. The summed E-state index contributed by atoms with van der Waals surface area (Å²) in [6.45, 7) is 4.17. The van der Waals surface area contributed by atoms with Crippen molar-refractivity contribution in [2.45, 2.75) is 32.5 Å². The number of carbonyl (C=O) groups is 1. The van der Waals surface area contributed by atoms with Gasteiger partial charge in [0.15, 0.2) is 0 Å². The summed E-state index contributed by atoms with van der Waals surface area (Å²) in [6.07, 6.45) is -4.57. The standard InChI is InChI=1S/C22H24F3N5O3/c1-14(2)15-4-6-16(7-5-15)21-27-29-30(28-21)13-20(31)26-18-12-17(22(23,24)25)8-9-19(18)33-11-10-32-3/h4-9,12,14H,10-11,13H2,1-3H3,(H,26,31). The lowest BCUT2D eigenvalue weighted by molar-refractivity contribution is -0.137. The van der Waals surface area contributed by atoms with Gasteiger partial charge in [-0.1, -0.05) is 38.1 Å². The van der Waals surface area contributed by atoms with Crippen LogP contribution in [0.15, 0.2) is 42.5 Å². The molecule has 1 amide bonds. The van der Waals surface area contributed by atoms with Gasteiger partial charge in [0.25, 0.3) is 0 Å². The zero-order valence-corrected chi connectivity index (χ0v) is 18.4. The van der Waals surface area contributed by atoms with Gasteiger partial charge in [0.1, 0.15) is 18.9 Å². The van der Waals surface area contributed by atoms with E-state index < -0.39 is 17.6 Å². The van der Waals surface area contributed by atoms with Gasteiger partial charge in [-0.15, -0.1) is 10.2 Å². The van der Waals surface area contributed by atoms with E-state index in [-0.39, 0.29) is 31.2 Å². The van der Waals surface area contributed by atoms with Crippen molar-refractivity contribution in [3.05, 3.63) is 53.6 Å². The molecule has 1 heterocycles. The minimum atomic E-state index is -4.57. The largest absolute Gasteiger partial charge is 0.489 e. The first-order chi connectivity index (χ1) is 15.7. The number of hydrogen-bond acceptors (Lipinski definition) is 6. The third kappa shape index (κ3) is 6.51. The Morgan fingerprint density at radius 3 is 2.48 bits per heavy atom. The van der Waals surface area contributed by atoms with Crippen LogP contribution in [0, 0.1) is 0 Å². The number of alkyl halides is 3. The molecule has 0 saturated carbocycles. The van der Waals surface area contributed by atoms with Crippen molar-refractivity contribution in [3.63, 3.8) is 0 Å². The number of hydrogen-bond donors (Lipinski definition) is 1. The summed E-state index contributed by atoms with van der Waals surface area (Å²) in [5, 5.41) is 14.4. The zero-order valence-electron chi connectivity index (χ0n) is 18.4. The highest BCUT2D eigenvalue weighted by molar-refractivity contribution is 5.92. The van der Waals surface area contributed by atoms with Gasteiger partial charge in [0.05, 0.1) is 17.9 Å². The van der Waals surface area contributed by atoms with Crippen LogP contribution in [-0.4, -0.2) is 46.4 Å². The van der Waals surface area contributed by atoms with Crippen LogP contribution in [0.1, 0.15) is 30.9 Å². The second-order valence-electron chi connectivity index (χ2n) is 7.52. The van der Waals surface area contributed by atoms with Crippen LogP contribution >= 0.6 is 0 Å². The SMILES string of the molecule is COCCOc1ccc(C(F)(F)F)cc1NC(=O)Cn1nnc(-c2ccc(C(C)C)cc2)n1. The molecule has 33 heavy (non-hydrogen) atoms. The number of ether oxygens (including phenoxy) is 2. The first-order valence-electron chi connectivity index (χ1n) is 10.2. The number of halogens is 3. The van der Waals surface area contributed by atoms with Gasteiger partial charge in [-0.05, 0) is 34.9 Å². The molecule has 3 aromatic rings. The summed E-state index contributed by atoms with van der Waals surface area (Å²) < 4.78 is 49.7. The Labute approximate surface area is 188 Å². The number of anilines is 1. The van der Waals surface area contributed by atoms with Crippen LogP contribution in [0.2, 0.25) is 0 Å². The Morgan fingerprint density at radius 1 is 1.12 bits per heavy atom. The number of rotatable bonds is 9. The van der Waals surface area contributed by atoms with Crippen LogP contribution in [0.25, 0.3) is 11.4 Å². The fourth-order valence-corrected chi connectivity index (χ4v) is 2.93. The van der Waals surface area contributed by atoms with Gasteiger partial charge < -0.3 is 14.8 Å². The summed E-state index contributed by atoms with van der Waals surface area (Å²) in [5.74, 6) is 0.169. The van der Waals surface area contributed by atoms with Gasteiger partial charge in [-0.3, -0.25) is 4.79 Å². The summed E-state index contributed by atoms with van der Waals surface area (Å²) >= 11 is 0. The first-order valence-corrected chi connectivity index (χ1v) is 10.2. The van der Waals surface area contributed by atoms with Crippen molar-refractivity contribution < 1.29 is 27.4 Å². The molecule has 1 N–H and O–H groups in total. The molecule has 176 valence electrons. The second kappa shape index (κ2) is 10.4. The van der Waals surface area contributed by atoms with Crippen LogP contribution in [0.4, 0.5) is 18.9 Å². The van der Waals surface area contributed by atoms with Crippen LogP contribution in [-0.2, 0) is 22.3 Å². The molecule has 0 saturated heterocycles. The van der Waals surface area contributed by atoms with Crippen molar-refractivity contribution in [2.75, 3.05) is 25.6 Å². The third-order valence-electron chi connectivity index (χ3n) is 4.70.